The van der Waals surface area contributed by atoms with Crippen LogP contribution in [0.2, 0.25) is 0 Å². The number of anilines is 1. The number of fused-ring (bicyclic) bond motifs is 1. The highest BCUT2D eigenvalue weighted by atomic mass is 16.5. The number of nitrogens with zero attached hydrogens (tertiary/aromatic N) is 1. The quantitative estimate of drug-likeness (QED) is 0.795. The Hall–Kier alpha value is -2.10. The van der Waals surface area contributed by atoms with Gasteiger partial charge in [-0.15, -0.1) is 0 Å². The number of ether oxygens (including phenoxy) is 1. The molecule has 0 spiro atoms. The molecule has 0 aliphatic rings. The number of hydrogen-bond acceptors (Lipinski definition) is 3. The number of unbranched alkanes of at least 4 members (excludes halogenated alkanes) is 3. The molecule has 0 saturated heterocycles. The van der Waals surface area contributed by atoms with Gasteiger partial charge >= 0.3 is 6.09 Å². The fourth-order valence-corrected chi connectivity index (χ4v) is 1.99. The topological polar surface area (TPSA) is 51.2 Å². The molecule has 2 rings (SSSR count). The van der Waals surface area contributed by atoms with Gasteiger partial charge in [0, 0.05) is 11.6 Å². The van der Waals surface area contributed by atoms with Crippen LogP contribution in [0.3, 0.4) is 0 Å². The fourth-order valence-electron chi connectivity index (χ4n) is 1.99. The van der Waals surface area contributed by atoms with E-state index in [1.807, 2.05) is 30.3 Å². The van der Waals surface area contributed by atoms with Crippen LogP contribution in [-0.2, 0) is 4.74 Å². The molecule has 0 aliphatic heterocycles. The molecule has 0 radical (unpaired) electrons. The molecule has 0 aliphatic carbocycles. The van der Waals surface area contributed by atoms with E-state index >= 15 is 0 Å². The van der Waals surface area contributed by atoms with Gasteiger partial charge in [-0.25, -0.2) is 9.78 Å². The van der Waals surface area contributed by atoms with Crippen molar-refractivity contribution in [1.29, 1.82) is 0 Å². The highest BCUT2D eigenvalue weighted by Crippen LogP contribution is 2.16. The van der Waals surface area contributed by atoms with E-state index < -0.39 is 6.09 Å². The molecule has 1 aromatic carbocycles. The zero-order chi connectivity index (χ0) is 14.2. The van der Waals surface area contributed by atoms with Crippen molar-refractivity contribution in [3.05, 3.63) is 36.5 Å². The predicted octanol–water partition coefficient (Wildman–Crippen LogP) is 4.36. The van der Waals surface area contributed by atoms with Gasteiger partial charge in [-0.2, -0.15) is 0 Å². The van der Waals surface area contributed by atoms with E-state index in [0.717, 1.165) is 23.6 Å². The highest BCUT2D eigenvalue weighted by Gasteiger charge is 2.04. The number of aromatic nitrogens is 1. The van der Waals surface area contributed by atoms with Crippen LogP contribution in [0.4, 0.5) is 10.6 Å². The predicted molar refractivity (Wildman–Crippen MR) is 80.9 cm³/mol. The molecule has 0 unspecified atom stereocenters. The average Bonchev–Trinajstić information content (AvgIpc) is 2.47. The Morgan fingerprint density at radius 2 is 2.00 bits per heavy atom. The van der Waals surface area contributed by atoms with Crippen LogP contribution in [0.25, 0.3) is 10.8 Å². The summed E-state index contributed by atoms with van der Waals surface area (Å²) in [5.41, 5.74) is 0. The molecule has 0 bridgehead atoms. The summed E-state index contributed by atoms with van der Waals surface area (Å²) in [6.45, 7) is 2.61. The van der Waals surface area contributed by atoms with Crippen LogP contribution in [0.1, 0.15) is 32.6 Å². The summed E-state index contributed by atoms with van der Waals surface area (Å²) >= 11 is 0. The number of amides is 1. The van der Waals surface area contributed by atoms with Crippen molar-refractivity contribution in [2.45, 2.75) is 32.6 Å². The van der Waals surface area contributed by atoms with Gasteiger partial charge in [-0.05, 0) is 17.9 Å². The average molecular weight is 272 g/mol. The normalized spacial score (nSPS) is 10.4. The molecule has 1 amide bonds. The number of nitrogens with one attached hydrogen (secondary N) is 1. The molecule has 4 heteroatoms. The standard InChI is InChI=1S/C16H20N2O2/c1-2-3-4-7-10-20-16(19)18-15-11-13-8-5-6-9-14(13)12-17-15/h5-6,8-9,11-12H,2-4,7,10H2,1H3,(H,17,18,19). The molecule has 0 atom stereocenters. The Morgan fingerprint density at radius 1 is 1.20 bits per heavy atom. The Kier molecular flexibility index (Phi) is 5.35. The number of pyridine rings is 1. The molecule has 0 fully saturated rings. The lowest BCUT2D eigenvalue weighted by Gasteiger charge is -2.07. The van der Waals surface area contributed by atoms with Crippen molar-refractivity contribution < 1.29 is 9.53 Å². The maximum absolute atomic E-state index is 11.6. The van der Waals surface area contributed by atoms with Crippen molar-refractivity contribution in [3.63, 3.8) is 0 Å². The molecule has 1 aromatic heterocycles. The summed E-state index contributed by atoms with van der Waals surface area (Å²) in [4.78, 5) is 15.8. The molecule has 106 valence electrons. The second-order valence-electron chi connectivity index (χ2n) is 4.74. The second kappa shape index (κ2) is 7.48. The first-order valence-corrected chi connectivity index (χ1v) is 7.08. The van der Waals surface area contributed by atoms with Gasteiger partial charge < -0.3 is 4.74 Å². The Balaban J connectivity index is 1.83. The van der Waals surface area contributed by atoms with E-state index in [-0.39, 0.29) is 0 Å². The second-order valence-corrected chi connectivity index (χ2v) is 4.74. The van der Waals surface area contributed by atoms with E-state index in [9.17, 15) is 4.79 Å². The zero-order valence-electron chi connectivity index (χ0n) is 11.8. The number of hydrogen-bond donors (Lipinski definition) is 1. The smallest absolute Gasteiger partial charge is 0.412 e. The van der Waals surface area contributed by atoms with Gasteiger partial charge in [0.15, 0.2) is 0 Å². The first-order valence-electron chi connectivity index (χ1n) is 7.08. The Labute approximate surface area is 119 Å². The van der Waals surface area contributed by atoms with Gasteiger partial charge in [0.1, 0.15) is 5.82 Å². The molecule has 2 aromatic rings. The number of rotatable bonds is 6. The highest BCUT2D eigenvalue weighted by molar-refractivity contribution is 5.89. The van der Waals surface area contributed by atoms with Crippen LogP contribution in [0.5, 0.6) is 0 Å². The van der Waals surface area contributed by atoms with Gasteiger partial charge in [0.25, 0.3) is 0 Å². The third kappa shape index (κ3) is 4.23. The SMILES string of the molecule is CCCCCCOC(=O)Nc1cc2ccccc2cn1. The van der Waals surface area contributed by atoms with E-state index in [2.05, 4.69) is 17.2 Å². The Bertz CT molecular complexity index is 569. The summed E-state index contributed by atoms with van der Waals surface area (Å²) in [6.07, 6.45) is 5.66. The lowest BCUT2D eigenvalue weighted by Crippen LogP contribution is -2.15. The molecular weight excluding hydrogens is 252 g/mol. The number of carbonyl (C=O) groups is 1. The molecular formula is C16H20N2O2. The van der Waals surface area contributed by atoms with E-state index in [4.69, 9.17) is 4.74 Å². The molecule has 20 heavy (non-hydrogen) atoms. The van der Waals surface area contributed by atoms with Crippen LogP contribution < -0.4 is 5.32 Å². The summed E-state index contributed by atoms with van der Waals surface area (Å²) in [5.74, 6) is 0.516. The maximum Gasteiger partial charge on any atom is 0.412 e. The summed E-state index contributed by atoms with van der Waals surface area (Å²) in [7, 11) is 0. The van der Waals surface area contributed by atoms with Crippen LogP contribution in [0, 0.1) is 0 Å². The van der Waals surface area contributed by atoms with E-state index in [1.54, 1.807) is 6.20 Å². The van der Waals surface area contributed by atoms with Gasteiger partial charge in [0.2, 0.25) is 0 Å². The fraction of sp³-hybridized carbons (Fsp3) is 0.375. The van der Waals surface area contributed by atoms with Crippen molar-refractivity contribution in [2.75, 3.05) is 11.9 Å². The largest absolute Gasteiger partial charge is 0.449 e. The molecule has 4 nitrogen and oxygen atoms in total. The monoisotopic (exact) mass is 272 g/mol. The van der Waals surface area contributed by atoms with Crippen molar-refractivity contribution in [3.8, 4) is 0 Å². The van der Waals surface area contributed by atoms with Crippen molar-refractivity contribution in [1.82, 2.24) is 4.98 Å². The van der Waals surface area contributed by atoms with Gasteiger partial charge in [0.05, 0.1) is 6.61 Å². The third-order valence-electron chi connectivity index (χ3n) is 3.09. The van der Waals surface area contributed by atoms with Crippen LogP contribution >= 0.6 is 0 Å². The lowest BCUT2D eigenvalue weighted by atomic mass is 10.2. The minimum absolute atomic E-state index is 0.440. The zero-order valence-corrected chi connectivity index (χ0v) is 11.8. The van der Waals surface area contributed by atoms with E-state index in [0.29, 0.717) is 12.4 Å². The van der Waals surface area contributed by atoms with Crippen LogP contribution in [0.15, 0.2) is 36.5 Å². The number of benzene rings is 1. The van der Waals surface area contributed by atoms with Crippen molar-refractivity contribution >= 4 is 22.7 Å². The summed E-state index contributed by atoms with van der Waals surface area (Å²) in [5, 5.41) is 4.74. The number of carbonyl (C=O) groups excluding carboxylic acids is 1. The minimum Gasteiger partial charge on any atom is -0.449 e. The van der Waals surface area contributed by atoms with E-state index in [1.165, 1.54) is 12.8 Å². The third-order valence-corrected chi connectivity index (χ3v) is 3.09. The Morgan fingerprint density at radius 3 is 2.80 bits per heavy atom. The van der Waals surface area contributed by atoms with Crippen LogP contribution in [-0.4, -0.2) is 17.7 Å². The molecule has 1 N–H and O–H groups in total. The van der Waals surface area contributed by atoms with Gasteiger partial charge in [-0.1, -0.05) is 50.5 Å². The summed E-state index contributed by atoms with van der Waals surface area (Å²) in [6, 6.07) is 9.73. The van der Waals surface area contributed by atoms with Gasteiger partial charge in [-0.3, -0.25) is 5.32 Å². The molecule has 1 heterocycles. The first-order chi connectivity index (χ1) is 9.79. The molecule has 0 saturated carbocycles. The first kappa shape index (κ1) is 14.3. The maximum atomic E-state index is 11.6. The van der Waals surface area contributed by atoms with Crippen molar-refractivity contribution in [2.24, 2.45) is 0 Å². The summed E-state index contributed by atoms with van der Waals surface area (Å²) < 4.78 is 5.11. The lowest BCUT2D eigenvalue weighted by molar-refractivity contribution is 0.159. The minimum atomic E-state index is -0.440.